The van der Waals surface area contributed by atoms with Gasteiger partial charge in [0.2, 0.25) is 5.95 Å². The van der Waals surface area contributed by atoms with Gasteiger partial charge in [-0.1, -0.05) is 50.2 Å². The van der Waals surface area contributed by atoms with Crippen molar-refractivity contribution in [2.75, 3.05) is 5.32 Å². The second kappa shape index (κ2) is 6.75. The molecule has 2 aromatic heterocycles. The summed E-state index contributed by atoms with van der Waals surface area (Å²) >= 11 is 1.56. The minimum Gasteiger partial charge on any atom is -0.350 e. The third-order valence-electron chi connectivity index (χ3n) is 3.34. The number of hydrogen-bond donors (Lipinski definition) is 1. The van der Waals surface area contributed by atoms with E-state index in [-0.39, 0.29) is 11.8 Å². The molecule has 5 nitrogen and oxygen atoms in total. The van der Waals surface area contributed by atoms with Crippen molar-refractivity contribution in [1.29, 1.82) is 0 Å². The molecule has 1 N–H and O–H groups in total. The third-order valence-corrected chi connectivity index (χ3v) is 4.21. The molecule has 3 aromatic rings. The fourth-order valence-electron chi connectivity index (χ4n) is 2.11. The molecule has 0 unspecified atom stereocenters. The molecule has 2 heterocycles. The lowest BCUT2D eigenvalue weighted by molar-refractivity contribution is 0.0841. The van der Waals surface area contributed by atoms with Gasteiger partial charge in [0.15, 0.2) is 5.82 Å². The molecule has 1 aromatic carbocycles. The van der Waals surface area contributed by atoms with E-state index < -0.39 is 0 Å². The van der Waals surface area contributed by atoms with Crippen molar-refractivity contribution in [2.24, 2.45) is 5.92 Å². The van der Waals surface area contributed by atoms with Crippen molar-refractivity contribution in [2.45, 2.75) is 20.4 Å². The lowest BCUT2D eigenvalue weighted by Crippen LogP contribution is -2.21. The van der Waals surface area contributed by atoms with Crippen LogP contribution in [0.25, 0.3) is 10.7 Å². The molecule has 0 radical (unpaired) electrons. The van der Waals surface area contributed by atoms with Crippen LogP contribution in [-0.4, -0.2) is 20.7 Å². The molecule has 0 aliphatic heterocycles. The molecule has 0 fully saturated rings. The monoisotopic (exact) mass is 326 g/mol. The Morgan fingerprint density at radius 1 is 1.22 bits per heavy atom. The molecular formula is C17H18N4OS. The summed E-state index contributed by atoms with van der Waals surface area (Å²) in [4.78, 5) is 17.8. The second-order valence-electron chi connectivity index (χ2n) is 5.48. The molecule has 0 amide bonds. The summed E-state index contributed by atoms with van der Waals surface area (Å²) in [7, 11) is 0. The Labute approximate surface area is 139 Å². The van der Waals surface area contributed by atoms with Crippen LogP contribution in [0.1, 0.15) is 24.2 Å². The Hall–Kier alpha value is -2.47. The fraction of sp³-hybridized carbons (Fsp3) is 0.235. The number of nitrogens with one attached hydrogen (secondary N) is 1. The summed E-state index contributed by atoms with van der Waals surface area (Å²) in [6.07, 6.45) is 0. The number of nitrogens with zero attached hydrogens (tertiary/aromatic N) is 3. The summed E-state index contributed by atoms with van der Waals surface area (Å²) in [6, 6.07) is 13.9. The van der Waals surface area contributed by atoms with Gasteiger partial charge in [-0.2, -0.15) is 9.67 Å². The van der Waals surface area contributed by atoms with Crippen LogP contribution in [0, 0.1) is 5.92 Å². The van der Waals surface area contributed by atoms with E-state index in [2.05, 4.69) is 15.4 Å². The van der Waals surface area contributed by atoms with Gasteiger partial charge in [-0.15, -0.1) is 16.4 Å². The van der Waals surface area contributed by atoms with Gasteiger partial charge in [0.1, 0.15) is 0 Å². The molecule has 6 heteroatoms. The molecule has 0 saturated heterocycles. The Morgan fingerprint density at radius 3 is 2.65 bits per heavy atom. The maximum atomic E-state index is 12.4. The average molecular weight is 326 g/mol. The van der Waals surface area contributed by atoms with Crippen LogP contribution in [0.2, 0.25) is 0 Å². The first-order valence-corrected chi connectivity index (χ1v) is 8.36. The number of benzene rings is 1. The zero-order chi connectivity index (χ0) is 16.2. The lowest BCUT2D eigenvalue weighted by Gasteiger charge is -2.08. The van der Waals surface area contributed by atoms with E-state index in [0.717, 1.165) is 10.4 Å². The summed E-state index contributed by atoms with van der Waals surface area (Å²) in [5.74, 6) is 0.835. The summed E-state index contributed by atoms with van der Waals surface area (Å²) < 4.78 is 1.38. The normalized spacial score (nSPS) is 10.9. The molecule has 118 valence electrons. The molecule has 0 saturated carbocycles. The topological polar surface area (TPSA) is 59.8 Å². The van der Waals surface area contributed by atoms with Crippen LogP contribution in [0.3, 0.4) is 0 Å². The van der Waals surface area contributed by atoms with E-state index in [1.54, 1.807) is 11.3 Å². The van der Waals surface area contributed by atoms with Crippen molar-refractivity contribution in [1.82, 2.24) is 14.8 Å². The van der Waals surface area contributed by atoms with Crippen molar-refractivity contribution in [3.05, 3.63) is 53.4 Å². The first-order chi connectivity index (χ1) is 11.1. The number of hydrogen-bond acceptors (Lipinski definition) is 5. The van der Waals surface area contributed by atoms with Gasteiger partial charge in [0.05, 0.1) is 4.88 Å². The third kappa shape index (κ3) is 3.48. The molecule has 0 aliphatic carbocycles. The van der Waals surface area contributed by atoms with Crippen LogP contribution < -0.4 is 5.32 Å². The smallest absolute Gasteiger partial charge is 0.252 e. The number of thiophene rings is 1. The van der Waals surface area contributed by atoms with Crippen LogP contribution in [-0.2, 0) is 6.54 Å². The number of carbonyl (C=O) groups excluding carboxylic acids is 1. The first kappa shape index (κ1) is 15.4. The lowest BCUT2D eigenvalue weighted by atomic mass is 10.2. The standard InChI is InChI=1S/C17H18N4OS/c1-12(2)16(22)21-17(18-11-13-7-4-3-5-8-13)19-15(20-21)14-9-6-10-23-14/h3-10,12H,11H2,1-2H3,(H,18,19,20). The minimum atomic E-state index is -0.148. The van der Waals surface area contributed by atoms with Gasteiger partial charge < -0.3 is 5.32 Å². The zero-order valence-corrected chi connectivity index (χ0v) is 13.9. The van der Waals surface area contributed by atoms with Gasteiger partial charge in [-0.25, -0.2) is 0 Å². The predicted octanol–water partition coefficient (Wildman–Crippen LogP) is 3.91. The summed E-state index contributed by atoms with van der Waals surface area (Å²) in [5.41, 5.74) is 1.12. The van der Waals surface area contributed by atoms with Crippen molar-refractivity contribution in [3.8, 4) is 10.7 Å². The molecule has 0 aliphatic rings. The highest BCUT2D eigenvalue weighted by molar-refractivity contribution is 7.13. The number of anilines is 1. The maximum Gasteiger partial charge on any atom is 0.252 e. The minimum absolute atomic E-state index is 0.0733. The first-order valence-electron chi connectivity index (χ1n) is 7.48. The zero-order valence-electron chi connectivity index (χ0n) is 13.1. The largest absolute Gasteiger partial charge is 0.350 e. The highest BCUT2D eigenvalue weighted by atomic mass is 32.1. The Kier molecular flexibility index (Phi) is 4.52. The van der Waals surface area contributed by atoms with Crippen LogP contribution in [0.15, 0.2) is 47.8 Å². The highest BCUT2D eigenvalue weighted by Gasteiger charge is 2.19. The van der Waals surface area contributed by atoms with E-state index in [1.807, 2.05) is 61.7 Å². The van der Waals surface area contributed by atoms with E-state index in [0.29, 0.717) is 18.3 Å². The summed E-state index contributed by atoms with van der Waals surface area (Å²) in [5, 5.41) is 9.58. The van der Waals surface area contributed by atoms with E-state index in [9.17, 15) is 4.79 Å². The van der Waals surface area contributed by atoms with Gasteiger partial charge in [0, 0.05) is 12.5 Å². The fourth-order valence-corrected chi connectivity index (χ4v) is 2.76. The van der Waals surface area contributed by atoms with E-state index in [1.165, 1.54) is 4.68 Å². The Balaban J connectivity index is 1.89. The SMILES string of the molecule is CC(C)C(=O)n1nc(-c2cccs2)nc1NCc1ccccc1. The molecule has 0 spiro atoms. The van der Waals surface area contributed by atoms with Crippen LogP contribution in [0.5, 0.6) is 0 Å². The molecule has 0 bridgehead atoms. The molecular weight excluding hydrogens is 308 g/mol. The van der Waals surface area contributed by atoms with Gasteiger partial charge >= 0.3 is 0 Å². The van der Waals surface area contributed by atoms with Crippen LogP contribution in [0.4, 0.5) is 5.95 Å². The van der Waals surface area contributed by atoms with Crippen molar-refractivity contribution < 1.29 is 4.79 Å². The number of rotatable bonds is 5. The maximum absolute atomic E-state index is 12.4. The van der Waals surface area contributed by atoms with Gasteiger partial charge in [-0.05, 0) is 17.0 Å². The van der Waals surface area contributed by atoms with Crippen molar-refractivity contribution >= 4 is 23.2 Å². The van der Waals surface area contributed by atoms with Crippen LogP contribution >= 0.6 is 11.3 Å². The van der Waals surface area contributed by atoms with E-state index in [4.69, 9.17) is 0 Å². The Morgan fingerprint density at radius 2 is 2.00 bits per heavy atom. The highest BCUT2D eigenvalue weighted by Crippen LogP contribution is 2.23. The Bertz CT molecular complexity index is 778. The number of carbonyl (C=O) groups is 1. The quantitative estimate of drug-likeness (QED) is 0.772. The van der Waals surface area contributed by atoms with Gasteiger partial charge in [-0.3, -0.25) is 4.79 Å². The van der Waals surface area contributed by atoms with E-state index >= 15 is 0 Å². The summed E-state index contributed by atoms with van der Waals surface area (Å²) in [6.45, 7) is 4.31. The molecule has 23 heavy (non-hydrogen) atoms. The average Bonchev–Trinajstić information content (AvgIpc) is 3.22. The predicted molar refractivity (Wildman–Crippen MR) is 92.6 cm³/mol. The van der Waals surface area contributed by atoms with Gasteiger partial charge in [0.25, 0.3) is 5.91 Å². The molecule has 0 atom stereocenters. The van der Waals surface area contributed by atoms with Crippen molar-refractivity contribution in [3.63, 3.8) is 0 Å². The number of aromatic nitrogens is 3. The second-order valence-corrected chi connectivity index (χ2v) is 6.43. The molecule has 3 rings (SSSR count).